The highest BCUT2D eigenvalue weighted by molar-refractivity contribution is 6.13. The van der Waals surface area contributed by atoms with E-state index in [1.54, 1.807) is 0 Å². The summed E-state index contributed by atoms with van der Waals surface area (Å²) in [6.45, 7) is 5.51. The number of quaternary nitrogens is 1. The zero-order valence-electron chi connectivity index (χ0n) is 19.9. The zero-order valence-corrected chi connectivity index (χ0v) is 19.9. The Hall–Kier alpha value is -3.15. The molecule has 4 N–H and O–H groups in total. The number of hydrogen-bond acceptors (Lipinski definition) is 9. The van der Waals surface area contributed by atoms with Gasteiger partial charge in [-0.05, 0) is 18.2 Å². The lowest BCUT2D eigenvalue weighted by molar-refractivity contribution is -0.826. The number of nitrogens with two attached hydrogens (primary N) is 1. The predicted molar refractivity (Wildman–Crippen MR) is 127 cm³/mol. The zero-order chi connectivity index (χ0) is 24.8. The van der Waals surface area contributed by atoms with Crippen LogP contribution < -0.4 is 20.7 Å². The molecule has 2 aliphatic rings. The second-order valence-corrected chi connectivity index (χ2v) is 8.82. The minimum absolute atomic E-state index is 0.000153. The van der Waals surface area contributed by atoms with Crippen LogP contribution >= 0.6 is 0 Å². The van der Waals surface area contributed by atoms with Gasteiger partial charge in [-0.3, -0.25) is 14.6 Å². The van der Waals surface area contributed by atoms with Crippen molar-refractivity contribution in [3.8, 4) is 5.75 Å². The molecule has 0 unspecified atom stereocenters. The van der Waals surface area contributed by atoms with Gasteiger partial charge in [0.05, 0.1) is 51.0 Å². The van der Waals surface area contributed by atoms with E-state index in [2.05, 4.69) is 20.2 Å². The van der Waals surface area contributed by atoms with E-state index in [9.17, 15) is 14.0 Å². The van der Waals surface area contributed by atoms with Gasteiger partial charge >= 0.3 is 5.91 Å². The molecule has 35 heavy (non-hydrogen) atoms. The van der Waals surface area contributed by atoms with Crippen molar-refractivity contribution in [3.63, 3.8) is 0 Å². The predicted octanol–water partition coefficient (Wildman–Crippen LogP) is 0.146. The summed E-state index contributed by atoms with van der Waals surface area (Å²) in [5.74, 6) is -0.256. The van der Waals surface area contributed by atoms with Crippen LogP contribution in [0.5, 0.6) is 5.75 Å². The van der Waals surface area contributed by atoms with E-state index in [1.165, 1.54) is 25.4 Å². The number of amides is 1. The number of anilines is 2. The second-order valence-electron chi connectivity index (χ2n) is 8.82. The van der Waals surface area contributed by atoms with Gasteiger partial charge in [-0.1, -0.05) is 0 Å². The molecule has 1 aromatic carbocycles. The van der Waals surface area contributed by atoms with Gasteiger partial charge in [0.2, 0.25) is 11.7 Å². The van der Waals surface area contributed by atoms with E-state index in [1.807, 2.05) is 0 Å². The molecule has 0 atom stereocenters. The number of ether oxygens (including phenoxy) is 2. The van der Waals surface area contributed by atoms with Crippen LogP contribution in [0.2, 0.25) is 0 Å². The van der Waals surface area contributed by atoms with Crippen molar-refractivity contribution in [2.75, 3.05) is 64.1 Å². The number of piperidine rings is 1. The molecule has 188 valence electrons. The SMILES string of the molecule is COc1ccc(F)cc1C(=O)c1cnc(NC2CC[NH+](C(=O)CCN3CCOCC3)CC2)nc1N. The highest BCUT2D eigenvalue weighted by Crippen LogP contribution is 2.24. The first kappa shape index (κ1) is 25.0. The van der Waals surface area contributed by atoms with Crippen LogP contribution in [0.4, 0.5) is 16.2 Å². The Kier molecular flexibility index (Phi) is 8.21. The number of likely N-dealkylation sites (tertiary alicyclic amines) is 1. The summed E-state index contributed by atoms with van der Waals surface area (Å²) in [7, 11) is 1.40. The van der Waals surface area contributed by atoms with Gasteiger partial charge in [0, 0.05) is 44.7 Å². The van der Waals surface area contributed by atoms with Gasteiger partial charge in [0.1, 0.15) is 17.4 Å². The number of carbonyl (C=O) groups excluding carboxylic acids is 2. The number of halogens is 1. The standard InChI is InChI=1S/C24H31FN6O4/c1-34-20-3-2-16(25)14-18(20)22(33)19-15-27-24(29-23(19)26)28-17-4-8-31(9-5-17)21(32)6-7-30-10-12-35-13-11-30/h2-3,14-15,17H,4-13H2,1H3,(H3,26,27,28,29)/p+1. The van der Waals surface area contributed by atoms with Gasteiger partial charge in [0.15, 0.2) is 0 Å². The monoisotopic (exact) mass is 487 g/mol. The van der Waals surface area contributed by atoms with Gasteiger partial charge in [-0.2, -0.15) is 4.98 Å². The van der Waals surface area contributed by atoms with Crippen LogP contribution in [0.3, 0.4) is 0 Å². The average molecular weight is 488 g/mol. The van der Waals surface area contributed by atoms with Crippen molar-refractivity contribution < 1.29 is 28.4 Å². The normalized spacial score (nSPS) is 20.9. The first-order valence-electron chi connectivity index (χ1n) is 11.9. The van der Waals surface area contributed by atoms with E-state index < -0.39 is 11.6 Å². The number of nitrogens with zero attached hydrogens (tertiary/aromatic N) is 3. The van der Waals surface area contributed by atoms with Crippen molar-refractivity contribution in [2.45, 2.75) is 25.3 Å². The maximum Gasteiger partial charge on any atom is 0.313 e. The van der Waals surface area contributed by atoms with Crippen LogP contribution in [0.1, 0.15) is 35.2 Å². The van der Waals surface area contributed by atoms with E-state index in [0.29, 0.717) is 12.4 Å². The van der Waals surface area contributed by atoms with Crippen molar-refractivity contribution in [1.29, 1.82) is 0 Å². The molecule has 2 saturated heterocycles. The molecule has 0 spiro atoms. The molecule has 0 radical (unpaired) electrons. The van der Waals surface area contributed by atoms with Crippen molar-refractivity contribution in [1.82, 2.24) is 14.9 Å². The van der Waals surface area contributed by atoms with Crippen molar-refractivity contribution >= 4 is 23.5 Å². The topological polar surface area (TPSA) is 124 Å². The summed E-state index contributed by atoms with van der Waals surface area (Å²) in [6, 6.07) is 3.81. The summed E-state index contributed by atoms with van der Waals surface area (Å²) in [4.78, 5) is 37.3. The Morgan fingerprint density at radius 1 is 1.26 bits per heavy atom. The molecular weight excluding hydrogens is 455 g/mol. The Morgan fingerprint density at radius 2 is 2.00 bits per heavy atom. The number of morpholine rings is 1. The summed E-state index contributed by atoms with van der Waals surface area (Å²) in [6.07, 6.45) is 3.48. The third-order valence-electron chi connectivity index (χ3n) is 6.54. The van der Waals surface area contributed by atoms with Crippen LogP contribution in [0.15, 0.2) is 24.4 Å². The smallest absolute Gasteiger partial charge is 0.313 e. The van der Waals surface area contributed by atoms with Crippen LogP contribution in [-0.2, 0) is 9.53 Å². The third kappa shape index (κ3) is 6.30. The molecule has 2 aliphatic heterocycles. The van der Waals surface area contributed by atoms with Gasteiger partial charge < -0.3 is 20.5 Å². The number of aromatic nitrogens is 2. The maximum absolute atomic E-state index is 13.7. The summed E-state index contributed by atoms with van der Waals surface area (Å²) >= 11 is 0. The minimum Gasteiger partial charge on any atom is -0.496 e. The molecule has 2 fully saturated rings. The molecule has 0 saturated carbocycles. The number of benzene rings is 1. The molecule has 4 rings (SSSR count). The lowest BCUT2D eigenvalue weighted by Crippen LogP contribution is -3.16. The van der Waals surface area contributed by atoms with Crippen LogP contribution in [-0.4, -0.2) is 85.6 Å². The molecular formula is C24H32FN6O4+. The molecule has 1 aromatic heterocycles. The summed E-state index contributed by atoms with van der Waals surface area (Å²) in [5, 5.41) is 3.26. The fraction of sp³-hybridized carbons (Fsp3) is 0.500. The number of methoxy groups -OCH3 is 1. The number of nitrogens with one attached hydrogen (secondary N) is 2. The summed E-state index contributed by atoms with van der Waals surface area (Å²) < 4.78 is 24.2. The molecule has 11 heteroatoms. The van der Waals surface area contributed by atoms with Gasteiger partial charge in [-0.15, -0.1) is 0 Å². The highest BCUT2D eigenvalue weighted by atomic mass is 19.1. The average Bonchev–Trinajstić information content (AvgIpc) is 2.88. The number of hydrogen-bond donors (Lipinski definition) is 3. The fourth-order valence-electron chi connectivity index (χ4n) is 4.48. The number of nitrogen functional groups attached to an aromatic ring is 1. The van der Waals surface area contributed by atoms with Crippen molar-refractivity contribution in [3.05, 3.63) is 41.3 Å². The van der Waals surface area contributed by atoms with E-state index in [0.717, 1.165) is 69.7 Å². The Balaban J connectivity index is 1.30. The lowest BCUT2D eigenvalue weighted by atomic mass is 10.0. The van der Waals surface area contributed by atoms with Crippen LogP contribution in [0.25, 0.3) is 0 Å². The number of carbonyl (C=O) groups is 2. The Bertz CT molecular complexity index is 1050. The van der Waals surface area contributed by atoms with E-state index >= 15 is 0 Å². The van der Waals surface area contributed by atoms with Crippen molar-refractivity contribution in [2.24, 2.45) is 0 Å². The maximum atomic E-state index is 13.7. The first-order valence-corrected chi connectivity index (χ1v) is 11.9. The van der Waals surface area contributed by atoms with Gasteiger partial charge in [-0.25, -0.2) is 14.2 Å². The molecule has 0 bridgehead atoms. The minimum atomic E-state index is -0.556. The van der Waals surface area contributed by atoms with Crippen LogP contribution in [0, 0.1) is 5.82 Å². The Morgan fingerprint density at radius 3 is 2.69 bits per heavy atom. The second kappa shape index (κ2) is 11.5. The third-order valence-corrected chi connectivity index (χ3v) is 6.54. The Labute approximate surface area is 203 Å². The number of ketones is 1. The first-order chi connectivity index (χ1) is 16.9. The van der Waals surface area contributed by atoms with E-state index in [-0.39, 0.29) is 34.6 Å². The number of rotatable bonds is 8. The fourth-order valence-corrected chi connectivity index (χ4v) is 4.48. The highest BCUT2D eigenvalue weighted by Gasteiger charge is 2.28. The molecule has 3 heterocycles. The molecule has 1 amide bonds. The van der Waals surface area contributed by atoms with Gasteiger partial charge in [0.25, 0.3) is 0 Å². The summed E-state index contributed by atoms with van der Waals surface area (Å²) in [5.41, 5.74) is 6.17. The quantitative estimate of drug-likeness (QED) is 0.446. The lowest BCUT2D eigenvalue weighted by Gasteiger charge is -2.29. The molecule has 10 nitrogen and oxygen atoms in total. The van der Waals surface area contributed by atoms with E-state index in [4.69, 9.17) is 15.2 Å². The largest absolute Gasteiger partial charge is 0.496 e. The molecule has 0 aliphatic carbocycles. The molecule has 2 aromatic rings.